The molecule has 0 unspecified atom stereocenters. The van der Waals surface area contributed by atoms with Gasteiger partial charge in [0.25, 0.3) is 0 Å². The minimum atomic E-state index is 0.495. The van der Waals surface area contributed by atoms with Gasteiger partial charge in [0.1, 0.15) is 5.69 Å². The van der Waals surface area contributed by atoms with E-state index in [1.165, 1.54) is 24.8 Å². The number of hydrogen-bond donors (Lipinski definition) is 0. The van der Waals surface area contributed by atoms with Crippen molar-refractivity contribution in [3.05, 3.63) is 41.7 Å². The van der Waals surface area contributed by atoms with Crippen LogP contribution in [0, 0.1) is 0 Å². The second-order valence-electron chi connectivity index (χ2n) is 5.06. The Balaban J connectivity index is 0.000000868. The van der Waals surface area contributed by atoms with Crippen LogP contribution in [0.5, 0.6) is 0 Å². The van der Waals surface area contributed by atoms with E-state index < -0.39 is 0 Å². The van der Waals surface area contributed by atoms with Crippen LogP contribution in [-0.4, -0.2) is 22.1 Å². The summed E-state index contributed by atoms with van der Waals surface area (Å²) in [6.07, 6.45) is 6.75. The first-order valence-corrected chi connectivity index (χ1v) is 8.74. The molecule has 0 aliphatic carbocycles. The lowest BCUT2D eigenvalue weighted by Crippen LogP contribution is -1.95. The number of ether oxygens (including phenoxy) is 1. The molecule has 2 aromatic rings. The van der Waals surface area contributed by atoms with Crippen molar-refractivity contribution in [3.8, 4) is 5.69 Å². The van der Waals surface area contributed by atoms with E-state index >= 15 is 0 Å². The normalized spacial score (nSPS) is 9.48. The van der Waals surface area contributed by atoms with Crippen molar-refractivity contribution in [1.82, 2.24) is 15.0 Å². The van der Waals surface area contributed by atoms with Gasteiger partial charge in [-0.3, -0.25) is 0 Å². The number of rotatable bonds is 6. The van der Waals surface area contributed by atoms with Crippen LogP contribution in [-0.2, 0) is 17.8 Å². The SMILES string of the molecule is CC.CCC.CCCCc1ccc(-n2cc(COC)nn2)cc1. The second kappa shape index (κ2) is 13.9. The van der Waals surface area contributed by atoms with Crippen molar-refractivity contribution in [3.63, 3.8) is 0 Å². The highest BCUT2D eigenvalue weighted by molar-refractivity contribution is 5.33. The van der Waals surface area contributed by atoms with Gasteiger partial charge in [-0.05, 0) is 30.5 Å². The topological polar surface area (TPSA) is 39.9 Å². The quantitative estimate of drug-likeness (QED) is 0.734. The van der Waals surface area contributed by atoms with Gasteiger partial charge in [0.2, 0.25) is 0 Å². The van der Waals surface area contributed by atoms with E-state index in [9.17, 15) is 0 Å². The molecule has 1 aromatic carbocycles. The molecular weight excluding hydrogens is 286 g/mol. The monoisotopic (exact) mass is 319 g/mol. The van der Waals surface area contributed by atoms with Gasteiger partial charge < -0.3 is 4.74 Å². The number of unbranched alkanes of at least 4 members (excludes halogenated alkanes) is 1. The fourth-order valence-electron chi connectivity index (χ4n) is 1.83. The Hall–Kier alpha value is -1.68. The Morgan fingerprint density at radius 1 is 1.04 bits per heavy atom. The van der Waals surface area contributed by atoms with E-state index in [0.717, 1.165) is 17.8 Å². The Labute approximate surface area is 141 Å². The fraction of sp³-hybridized carbons (Fsp3) is 0.579. The molecule has 0 fully saturated rings. The molecule has 0 saturated heterocycles. The van der Waals surface area contributed by atoms with Gasteiger partial charge in [0, 0.05) is 7.11 Å². The van der Waals surface area contributed by atoms with Gasteiger partial charge in [0.05, 0.1) is 18.5 Å². The van der Waals surface area contributed by atoms with E-state index in [1.54, 1.807) is 11.8 Å². The van der Waals surface area contributed by atoms with E-state index in [-0.39, 0.29) is 0 Å². The van der Waals surface area contributed by atoms with Gasteiger partial charge in [-0.2, -0.15) is 0 Å². The molecule has 1 aromatic heterocycles. The average molecular weight is 319 g/mol. The van der Waals surface area contributed by atoms with Crippen LogP contribution in [0.4, 0.5) is 0 Å². The molecule has 0 amide bonds. The van der Waals surface area contributed by atoms with E-state index in [4.69, 9.17) is 4.74 Å². The number of nitrogens with zero attached hydrogens (tertiary/aromatic N) is 3. The van der Waals surface area contributed by atoms with Crippen molar-refractivity contribution in [2.24, 2.45) is 0 Å². The summed E-state index contributed by atoms with van der Waals surface area (Å²) < 4.78 is 6.80. The molecule has 4 heteroatoms. The minimum Gasteiger partial charge on any atom is -0.378 e. The average Bonchev–Trinajstić information content (AvgIpc) is 3.05. The van der Waals surface area contributed by atoms with Crippen LogP contribution in [0.25, 0.3) is 5.69 Å². The number of methoxy groups -OCH3 is 1. The standard InChI is InChI=1S/C14H19N3O.C3H8.C2H6/c1-3-4-5-12-6-8-14(9-7-12)17-10-13(11-18-2)15-16-17;1-3-2;1-2/h6-10H,3-5,11H2,1-2H3;3H2,1-2H3;1-2H3. The van der Waals surface area contributed by atoms with Crippen LogP contribution in [0.2, 0.25) is 0 Å². The summed E-state index contributed by atoms with van der Waals surface area (Å²) in [6.45, 7) is 11.0. The molecule has 0 saturated carbocycles. The molecule has 0 aliphatic heterocycles. The zero-order valence-electron chi connectivity index (χ0n) is 15.7. The highest BCUT2D eigenvalue weighted by Crippen LogP contribution is 2.11. The van der Waals surface area contributed by atoms with Crippen LogP contribution < -0.4 is 0 Å². The van der Waals surface area contributed by atoms with Crippen molar-refractivity contribution in [1.29, 1.82) is 0 Å². The van der Waals surface area contributed by atoms with Gasteiger partial charge >= 0.3 is 0 Å². The van der Waals surface area contributed by atoms with Crippen molar-refractivity contribution < 1.29 is 4.74 Å². The summed E-state index contributed by atoms with van der Waals surface area (Å²) in [5, 5.41) is 8.13. The van der Waals surface area contributed by atoms with E-state index in [2.05, 4.69) is 55.3 Å². The lowest BCUT2D eigenvalue weighted by atomic mass is 10.1. The van der Waals surface area contributed by atoms with Crippen LogP contribution >= 0.6 is 0 Å². The molecular formula is C19H33N3O. The highest BCUT2D eigenvalue weighted by atomic mass is 16.5. The summed E-state index contributed by atoms with van der Waals surface area (Å²) in [5.74, 6) is 0. The van der Waals surface area contributed by atoms with Crippen LogP contribution in [0.1, 0.15) is 65.1 Å². The molecule has 4 nitrogen and oxygen atoms in total. The van der Waals surface area contributed by atoms with Gasteiger partial charge in [0.15, 0.2) is 0 Å². The molecule has 0 spiro atoms. The highest BCUT2D eigenvalue weighted by Gasteiger charge is 2.02. The van der Waals surface area contributed by atoms with Gasteiger partial charge in [-0.15, -0.1) is 5.10 Å². The fourth-order valence-corrected chi connectivity index (χ4v) is 1.83. The van der Waals surface area contributed by atoms with Gasteiger partial charge in [-0.25, -0.2) is 4.68 Å². The molecule has 0 N–H and O–H groups in total. The lowest BCUT2D eigenvalue weighted by molar-refractivity contribution is 0.181. The predicted molar refractivity (Wildman–Crippen MR) is 98.0 cm³/mol. The third kappa shape index (κ3) is 8.50. The Bertz CT molecular complexity index is 492. The third-order valence-corrected chi connectivity index (χ3v) is 2.85. The van der Waals surface area contributed by atoms with Crippen molar-refractivity contribution in [2.45, 2.75) is 66.9 Å². The van der Waals surface area contributed by atoms with Crippen LogP contribution in [0.3, 0.4) is 0 Å². The first-order chi connectivity index (χ1) is 11.2. The molecule has 0 aliphatic rings. The molecule has 0 bridgehead atoms. The zero-order valence-corrected chi connectivity index (χ0v) is 15.7. The lowest BCUT2D eigenvalue weighted by Gasteiger charge is -2.03. The summed E-state index contributed by atoms with van der Waals surface area (Å²) in [7, 11) is 1.65. The largest absolute Gasteiger partial charge is 0.378 e. The predicted octanol–water partition coefficient (Wildman–Crippen LogP) is 5.20. The summed E-state index contributed by atoms with van der Waals surface area (Å²) in [5.41, 5.74) is 3.25. The Kier molecular flexibility index (Phi) is 12.9. The Morgan fingerprint density at radius 3 is 2.17 bits per heavy atom. The third-order valence-electron chi connectivity index (χ3n) is 2.85. The number of hydrogen-bond acceptors (Lipinski definition) is 3. The van der Waals surface area contributed by atoms with Crippen molar-refractivity contribution >= 4 is 0 Å². The van der Waals surface area contributed by atoms with E-state index in [1.807, 2.05) is 20.0 Å². The molecule has 0 atom stereocenters. The number of benzene rings is 1. The summed E-state index contributed by atoms with van der Waals surface area (Å²) in [4.78, 5) is 0. The maximum Gasteiger partial charge on any atom is 0.109 e. The summed E-state index contributed by atoms with van der Waals surface area (Å²) >= 11 is 0. The molecule has 130 valence electrons. The second-order valence-corrected chi connectivity index (χ2v) is 5.06. The van der Waals surface area contributed by atoms with Crippen LogP contribution in [0.15, 0.2) is 30.5 Å². The van der Waals surface area contributed by atoms with Crippen molar-refractivity contribution in [2.75, 3.05) is 7.11 Å². The first kappa shape index (κ1) is 21.3. The van der Waals surface area contributed by atoms with E-state index in [0.29, 0.717) is 6.61 Å². The number of aryl methyl sites for hydroxylation is 1. The molecule has 0 radical (unpaired) electrons. The smallest absolute Gasteiger partial charge is 0.109 e. The molecule has 1 heterocycles. The minimum absolute atomic E-state index is 0.495. The zero-order chi connectivity index (χ0) is 17.5. The van der Waals surface area contributed by atoms with Gasteiger partial charge in [-0.1, -0.05) is 64.8 Å². The number of aromatic nitrogens is 3. The maximum atomic E-state index is 5.02. The Morgan fingerprint density at radius 2 is 1.65 bits per heavy atom. The summed E-state index contributed by atoms with van der Waals surface area (Å²) in [6, 6.07) is 8.47. The maximum absolute atomic E-state index is 5.02. The molecule has 2 rings (SSSR count). The first-order valence-electron chi connectivity index (χ1n) is 8.74. The molecule has 23 heavy (non-hydrogen) atoms.